The van der Waals surface area contributed by atoms with Gasteiger partial charge < -0.3 is 10.2 Å². The molecule has 0 saturated carbocycles. The summed E-state index contributed by atoms with van der Waals surface area (Å²) < 4.78 is 0.454. The standard InChI is InChI=1S/C11H8BrNO3/c12-8-4-6(5-9(14)15)7-2-1-3-13-10(7)11(8)16/h1-4,16H,5H2,(H,14,15). The minimum absolute atomic E-state index is 0.0322. The van der Waals surface area contributed by atoms with Crippen molar-refractivity contribution in [3.05, 3.63) is 34.4 Å². The quantitative estimate of drug-likeness (QED) is 0.886. The number of aromatic nitrogens is 1. The van der Waals surface area contributed by atoms with E-state index in [1.165, 1.54) is 0 Å². The maximum absolute atomic E-state index is 10.7. The summed E-state index contributed by atoms with van der Waals surface area (Å²) in [6.45, 7) is 0. The lowest BCUT2D eigenvalue weighted by Crippen LogP contribution is -2.01. The van der Waals surface area contributed by atoms with Gasteiger partial charge in [0.2, 0.25) is 0 Å². The fourth-order valence-electron chi connectivity index (χ4n) is 1.57. The molecule has 0 fully saturated rings. The van der Waals surface area contributed by atoms with Gasteiger partial charge in [-0.25, -0.2) is 0 Å². The Labute approximate surface area is 99.7 Å². The highest BCUT2D eigenvalue weighted by atomic mass is 79.9. The van der Waals surface area contributed by atoms with Crippen LogP contribution < -0.4 is 0 Å². The molecular formula is C11H8BrNO3. The van der Waals surface area contributed by atoms with Crippen molar-refractivity contribution >= 4 is 32.8 Å². The molecule has 1 aromatic heterocycles. The monoisotopic (exact) mass is 281 g/mol. The molecule has 0 amide bonds. The minimum Gasteiger partial charge on any atom is -0.505 e. The second-order valence-corrected chi connectivity index (χ2v) is 4.19. The number of hydrogen-bond donors (Lipinski definition) is 2. The molecule has 0 atom stereocenters. The number of rotatable bonds is 2. The minimum atomic E-state index is -0.914. The van der Waals surface area contributed by atoms with Crippen LogP contribution in [0, 0.1) is 0 Å². The fraction of sp³-hybridized carbons (Fsp3) is 0.0909. The molecule has 2 rings (SSSR count). The van der Waals surface area contributed by atoms with Gasteiger partial charge in [-0.05, 0) is 33.6 Å². The Morgan fingerprint density at radius 3 is 2.94 bits per heavy atom. The zero-order chi connectivity index (χ0) is 11.7. The topological polar surface area (TPSA) is 70.4 Å². The third-order valence-corrected chi connectivity index (χ3v) is 2.85. The summed E-state index contributed by atoms with van der Waals surface area (Å²) in [5.41, 5.74) is 1.04. The Hall–Kier alpha value is -1.62. The summed E-state index contributed by atoms with van der Waals surface area (Å²) in [6.07, 6.45) is 1.46. The maximum atomic E-state index is 10.7. The van der Waals surface area contributed by atoms with Crippen LogP contribution in [0.15, 0.2) is 28.9 Å². The van der Waals surface area contributed by atoms with Crippen LogP contribution in [0.3, 0.4) is 0 Å². The van der Waals surface area contributed by atoms with Crippen LogP contribution >= 0.6 is 15.9 Å². The predicted molar refractivity (Wildman–Crippen MR) is 62.4 cm³/mol. The molecule has 0 unspecified atom stereocenters. The summed E-state index contributed by atoms with van der Waals surface area (Å²) >= 11 is 3.17. The van der Waals surface area contributed by atoms with Crippen molar-refractivity contribution in [2.24, 2.45) is 0 Å². The number of aliphatic carboxylic acids is 1. The Bertz CT molecular complexity index is 568. The van der Waals surface area contributed by atoms with E-state index < -0.39 is 5.97 Å². The van der Waals surface area contributed by atoms with E-state index in [4.69, 9.17) is 5.11 Å². The number of carboxylic acids is 1. The summed E-state index contributed by atoms with van der Waals surface area (Å²) in [6, 6.07) is 5.06. The fourth-order valence-corrected chi connectivity index (χ4v) is 2.04. The molecule has 5 heteroatoms. The van der Waals surface area contributed by atoms with E-state index in [0.717, 1.165) is 0 Å². The highest BCUT2D eigenvalue weighted by Crippen LogP contribution is 2.33. The molecule has 1 heterocycles. The Morgan fingerprint density at radius 2 is 2.25 bits per heavy atom. The van der Waals surface area contributed by atoms with Crippen molar-refractivity contribution in [2.75, 3.05) is 0 Å². The zero-order valence-electron chi connectivity index (χ0n) is 8.14. The zero-order valence-corrected chi connectivity index (χ0v) is 9.73. The molecule has 4 nitrogen and oxygen atoms in total. The van der Waals surface area contributed by atoms with Gasteiger partial charge in [-0.1, -0.05) is 6.07 Å². The predicted octanol–water partition coefficient (Wildman–Crippen LogP) is 2.33. The first-order chi connectivity index (χ1) is 7.59. The van der Waals surface area contributed by atoms with E-state index in [0.29, 0.717) is 20.9 Å². The summed E-state index contributed by atoms with van der Waals surface area (Å²) in [5, 5.41) is 19.2. The van der Waals surface area contributed by atoms with Crippen LogP contribution in [0.2, 0.25) is 0 Å². The number of nitrogens with zero attached hydrogens (tertiary/aromatic N) is 1. The van der Waals surface area contributed by atoms with E-state index in [2.05, 4.69) is 20.9 Å². The lowest BCUT2D eigenvalue weighted by atomic mass is 10.1. The number of hydrogen-bond acceptors (Lipinski definition) is 3. The molecule has 0 radical (unpaired) electrons. The Balaban J connectivity index is 2.74. The summed E-state index contributed by atoms with van der Waals surface area (Å²) in [4.78, 5) is 14.7. The van der Waals surface area contributed by atoms with Gasteiger partial charge in [0.1, 0.15) is 5.52 Å². The molecule has 0 aliphatic heterocycles. The van der Waals surface area contributed by atoms with Gasteiger partial charge in [-0.15, -0.1) is 0 Å². The van der Waals surface area contributed by atoms with Gasteiger partial charge in [0.05, 0.1) is 10.9 Å². The number of benzene rings is 1. The molecular weight excluding hydrogens is 274 g/mol. The lowest BCUT2D eigenvalue weighted by molar-refractivity contribution is -0.136. The van der Waals surface area contributed by atoms with Crippen molar-refractivity contribution in [1.82, 2.24) is 4.98 Å². The SMILES string of the molecule is O=C(O)Cc1cc(Br)c(O)c2ncccc12. The second-order valence-electron chi connectivity index (χ2n) is 3.34. The molecule has 2 aromatic rings. The number of fused-ring (bicyclic) bond motifs is 1. The van der Waals surface area contributed by atoms with E-state index in [1.54, 1.807) is 24.4 Å². The number of aromatic hydroxyl groups is 1. The first kappa shape index (κ1) is 10.9. The van der Waals surface area contributed by atoms with Gasteiger partial charge in [0, 0.05) is 11.6 Å². The highest BCUT2D eigenvalue weighted by Gasteiger charge is 2.12. The van der Waals surface area contributed by atoms with Crippen molar-refractivity contribution in [3.63, 3.8) is 0 Å². The summed E-state index contributed by atoms with van der Waals surface area (Å²) in [5.74, 6) is -0.882. The first-order valence-electron chi connectivity index (χ1n) is 4.56. The maximum Gasteiger partial charge on any atom is 0.307 e. The van der Waals surface area contributed by atoms with Gasteiger partial charge in [0.25, 0.3) is 0 Å². The number of phenolic OH excluding ortho intramolecular Hbond substituents is 1. The molecule has 0 saturated heterocycles. The molecule has 0 aliphatic rings. The smallest absolute Gasteiger partial charge is 0.307 e. The second kappa shape index (κ2) is 4.09. The number of phenols is 1. The van der Waals surface area contributed by atoms with Crippen LogP contribution in [-0.4, -0.2) is 21.2 Å². The van der Waals surface area contributed by atoms with E-state index in [-0.39, 0.29) is 12.2 Å². The summed E-state index contributed by atoms with van der Waals surface area (Å²) in [7, 11) is 0. The average molecular weight is 282 g/mol. The number of halogens is 1. The van der Waals surface area contributed by atoms with Crippen LogP contribution in [0.25, 0.3) is 10.9 Å². The average Bonchev–Trinajstić information content (AvgIpc) is 2.25. The van der Waals surface area contributed by atoms with Crippen molar-refractivity contribution in [3.8, 4) is 5.75 Å². The van der Waals surface area contributed by atoms with Gasteiger partial charge in [-0.3, -0.25) is 9.78 Å². The third-order valence-electron chi connectivity index (χ3n) is 2.25. The molecule has 0 aliphatic carbocycles. The molecule has 1 aromatic carbocycles. The Kier molecular flexibility index (Phi) is 2.78. The van der Waals surface area contributed by atoms with E-state index >= 15 is 0 Å². The van der Waals surface area contributed by atoms with Crippen molar-refractivity contribution in [1.29, 1.82) is 0 Å². The highest BCUT2D eigenvalue weighted by molar-refractivity contribution is 9.10. The third kappa shape index (κ3) is 1.86. The van der Waals surface area contributed by atoms with Crippen LogP contribution in [0.5, 0.6) is 5.75 Å². The lowest BCUT2D eigenvalue weighted by Gasteiger charge is -2.07. The van der Waals surface area contributed by atoms with E-state index in [1.807, 2.05) is 0 Å². The van der Waals surface area contributed by atoms with Gasteiger partial charge >= 0.3 is 5.97 Å². The normalized spacial score (nSPS) is 10.6. The largest absolute Gasteiger partial charge is 0.505 e. The van der Waals surface area contributed by atoms with Gasteiger partial charge in [0.15, 0.2) is 5.75 Å². The Morgan fingerprint density at radius 1 is 1.50 bits per heavy atom. The number of carboxylic acid groups (broad SMARTS) is 1. The number of carbonyl (C=O) groups is 1. The van der Waals surface area contributed by atoms with Crippen LogP contribution in [-0.2, 0) is 11.2 Å². The van der Waals surface area contributed by atoms with Crippen molar-refractivity contribution < 1.29 is 15.0 Å². The van der Waals surface area contributed by atoms with Crippen molar-refractivity contribution in [2.45, 2.75) is 6.42 Å². The first-order valence-corrected chi connectivity index (χ1v) is 5.35. The molecule has 82 valence electrons. The van der Waals surface area contributed by atoms with Gasteiger partial charge in [-0.2, -0.15) is 0 Å². The van der Waals surface area contributed by atoms with Crippen LogP contribution in [0.1, 0.15) is 5.56 Å². The van der Waals surface area contributed by atoms with Crippen LogP contribution in [0.4, 0.5) is 0 Å². The molecule has 0 spiro atoms. The van der Waals surface area contributed by atoms with E-state index in [9.17, 15) is 9.90 Å². The number of pyridine rings is 1. The molecule has 16 heavy (non-hydrogen) atoms. The molecule has 0 bridgehead atoms. The molecule has 2 N–H and O–H groups in total.